The number of rotatable bonds is 7. The fourth-order valence-corrected chi connectivity index (χ4v) is 3.59. The quantitative estimate of drug-likeness (QED) is 0.535. The van der Waals surface area contributed by atoms with E-state index in [2.05, 4.69) is 18.7 Å². The SMILES string of the molecule is C=CC(c1ccccc1)[SiH](OCC)OCC. The highest BCUT2D eigenvalue weighted by Gasteiger charge is 2.24. The second-order valence-corrected chi connectivity index (χ2v) is 5.57. The summed E-state index contributed by atoms with van der Waals surface area (Å²) in [5, 5.41) is 0. The van der Waals surface area contributed by atoms with Gasteiger partial charge in [-0.1, -0.05) is 36.4 Å². The van der Waals surface area contributed by atoms with Crippen LogP contribution in [0.1, 0.15) is 25.0 Å². The summed E-state index contributed by atoms with van der Waals surface area (Å²) in [5.41, 5.74) is 1.46. The summed E-state index contributed by atoms with van der Waals surface area (Å²) in [6.07, 6.45) is 1.94. The van der Waals surface area contributed by atoms with Crippen molar-refractivity contribution in [2.45, 2.75) is 19.4 Å². The van der Waals surface area contributed by atoms with Gasteiger partial charge >= 0.3 is 9.28 Å². The molecule has 0 aliphatic carbocycles. The van der Waals surface area contributed by atoms with Crippen LogP contribution < -0.4 is 0 Å². The molecule has 3 heteroatoms. The van der Waals surface area contributed by atoms with Gasteiger partial charge in [0.15, 0.2) is 0 Å². The predicted molar refractivity (Wildman–Crippen MR) is 69.8 cm³/mol. The molecule has 0 bridgehead atoms. The molecule has 1 atom stereocenters. The first-order valence-electron chi connectivity index (χ1n) is 5.74. The molecule has 0 amide bonds. The summed E-state index contributed by atoms with van der Waals surface area (Å²) < 4.78 is 11.5. The Morgan fingerprint density at radius 3 is 2.19 bits per heavy atom. The summed E-state index contributed by atoms with van der Waals surface area (Å²) >= 11 is 0. The number of benzene rings is 1. The van der Waals surface area contributed by atoms with Gasteiger partial charge in [0.05, 0.1) is 0 Å². The Hall–Kier alpha value is -0.903. The molecule has 0 radical (unpaired) electrons. The van der Waals surface area contributed by atoms with Gasteiger partial charge in [-0.25, -0.2) is 0 Å². The molecule has 2 nitrogen and oxygen atoms in total. The molecule has 0 spiro atoms. The number of hydrogen-bond donors (Lipinski definition) is 0. The van der Waals surface area contributed by atoms with E-state index in [-0.39, 0.29) is 5.54 Å². The minimum absolute atomic E-state index is 0.223. The van der Waals surface area contributed by atoms with Crippen molar-refractivity contribution in [2.24, 2.45) is 0 Å². The van der Waals surface area contributed by atoms with E-state index >= 15 is 0 Å². The highest BCUT2D eigenvalue weighted by Crippen LogP contribution is 2.21. The van der Waals surface area contributed by atoms with Gasteiger partial charge in [-0.15, -0.1) is 6.58 Å². The maximum Gasteiger partial charge on any atom is 0.333 e. The first-order valence-corrected chi connectivity index (χ1v) is 7.35. The maximum atomic E-state index is 5.74. The molecule has 0 heterocycles. The zero-order valence-corrected chi connectivity index (χ0v) is 11.2. The van der Waals surface area contributed by atoms with Gasteiger partial charge in [-0.2, -0.15) is 0 Å². The molecule has 16 heavy (non-hydrogen) atoms. The Morgan fingerprint density at radius 2 is 1.75 bits per heavy atom. The van der Waals surface area contributed by atoms with Gasteiger partial charge < -0.3 is 8.85 Å². The fourth-order valence-electron chi connectivity index (χ4n) is 1.66. The van der Waals surface area contributed by atoms with Crippen LogP contribution in [0.5, 0.6) is 0 Å². The summed E-state index contributed by atoms with van der Waals surface area (Å²) in [5.74, 6) is 0. The molecule has 0 aliphatic heterocycles. The largest absolute Gasteiger partial charge is 0.396 e. The van der Waals surface area contributed by atoms with Crippen molar-refractivity contribution >= 4 is 9.28 Å². The third-order valence-corrected chi connectivity index (χ3v) is 4.96. The van der Waals surface area contributed by atoms with Crippen molar-refractivity contribution < 1.29 is 8.85 Å². The van der Waals surface area contributed by atoms with E-state index in [0.29, 0.717) is 13.2 Å². The lowest BCUT2D eigenvalue weighted by Gasteiger charge is -2.22. The molecule has 0 fully saturated rings. The minimum Gasteiger partial charge on any atom is -0.396 e. The monoisotopic (exact) mass is 236 g/mol. The van der Waals surface area contributed by atoms with Crippen LogP contribution in [-0.2, 0) is 8.85 Å². The second kappa shape index (κ2) is 7.38. The second-order valence-electron chi connectivity index (χ2n) is 3.45. The van der Waals surface area contributed by atoms with Crippen LogP contribution in [0.4, 0.5) is 0 Å². The van der Waals surface area contributed by atoms with Crippen LogP contribution >= 0.6 is 0 Å². The van der Waals surface area contributed by atoms with Gasteiger partial charge in [0, 0.05) is 18.8 Å². The van der Waals surface area contributed by atoms with E-state index in [9.17, 15) is 0 Å². The first kappa shape index (κ1) is 13.2. The maximum absolute atomic E-state index is 5.74. The van der Waals surface area contributed by atoms with E-state index in [4.69, 9.17) is 8.85 Å². The van der Waals surface area contributed by atoms with E-state index in [1.165, 1.54) is 5.56 Å². The molecule has 0 aliphatic rings. The lowest BCUT2D eigenvalue weighted by molar-refractivity contribution is 0.209. The van der Waals surface area contributed by atoms with Crippen molar-refractivity contribution in [1.29, 1.82) is 0 Å². The van der Waals surface area contributed by atoms with Crippen LogP contribution in [-0.4, -0.2) is 22.5 Å². The molecular weight excluding hydrogens is 216 g/mol. The highest BCUT2D eigenvalue weighted by atomic mass is 28.3. The summed E-state index contributed by atoms with van der Waals surface area (Å²) in [6.45, 7) is 9.31. The van der Waals surface area contributed by atoms with Crippen molar-refractivity contribution in [1.82, 2.24) is 0 Å². The third-order valence-electron chi connectivity index (χ3n) is 2.39. The Morgan fingerprint density at radius 1 is 1.19 bits per heavy atom. The minimum atomic E-state index is -1.69. The van der Waals surface area contributed by atoms with Crippen LogP contribution in [0.2, 0.25) is 0 Å². The van der Waals surface area contributed by atoms with E-state index in [0.717, 1.165) is 0 Å². The van der Waals surface area contributed by atoms with Crippen molar-refractivity contribution in [3.63, 3.8) is 0 Å². The van der Waals surface area contributed by atoms with Crippen LogP contribution in [0.15, 0.2) is 43.0 Å². The first-order chi connectivity index (χ1) is 7.83. The van der Waals surface area contributed by atoms with Gasteiger partial charge in [0.2, 0.25) is 0 Å². The topological polar surface area (TPSA) is 18.5 Å². The van der Waals surface area contributed by atoms with Crippen molar-refractivity contribution in [3.8, 4) is 0 Å². The standard InChI is InChI=1S/C13H20O2Si/c1-4-13(12-10-8-7-9-11-12)16(14-5-2)15-6-3/h4,7-11,13,16H,1,5-6H2,2-3H3. The van der Waals surface area contributed by atoms with Gasteiger partial charge in [0.1, 0.15) is 0 Å². The lowest BCUT2D eigenvalue weighted by Crippen LogP contribution is -2.30. The molecule has 0 aromatic heterocycles. The van der Waals surface area contributed by atoms with Gasteiger partial charge in [-0.05, 0) is 19.4 Å². The molecular formula is C13H20O2Si. The van der Waals surface area contributed by atoms with Crippen LogP contribution in [0, 0.1) is 0 Å². The van der Waals surface area contributed by atoms with Gasteiger partial charge in [-0.3, -0.25) is 0 Å². The molecule has 0 N–H and O–H groups in total. The Balaban J connectivity index is 2.81. The zero-order valence-electron chi connectivity index (χ0n) is 10.1. The normalized spacial score (nSPS) is 12.7. The van der Waals surface area contributed by atoms with E-state index in [1.54, 1.807) is 0 Å². The summed E-state index contributed by atoms with van der Waals surface area (Å²) in [4.78, 5) is 0. The molecule has 0 saturated carbocycles. The van der Waals surface area contributed by atoms with Crippen molar-refractivity contribution in [3.05, 3.63) is 48.6 Å². The van der Waals surface area contributed by atoms with E-state index in [1.807, 2.05) is 38.1 Å². The highest BCUT2D eigenvalue weighted by molar-refractivity contribution is 6.47. The number of hydrogen-bond acceptors (Lipinski definition) is 2. The Labute approximate surface area is 99.7 Å². The Bertz CT molecular complexity index is 294. The van der Waals surface area contributed by atoms with Gasteiger partial charge in [0.25, 0.3) is 0 Å². The molecule has 1 aromatic carbocycles. The fraction of sp³-hybridized carbons (Fsp3) is 0.385. The zero-order chi connectivity index (χ0) is 11.8. The summed E-state index contributed by atoms with van der Waals surface area (Å²) in [6, 6.07) is 10.3. The van der Waals surface area contributed by atoms with Crippen molar-refractivity contribution in [2.75, 3.05) is 13.2 Å². The lowest BCUT2D eigenvalue weighted by atomic mass is 10.1. The molecule has 88 valence electrons. The molecule has 1 rings (SSSR count). The number of allylic oxidation sites excluding steroid dienone is 1. The molecule has 1 aromatic rings. The predicted octanol–water partition coefficient (Wildman–Crippen LogP) is 2.79. The summed E-state index contributed by atoms with van der Waals surface area (Å²) in [7, 11) is -1.69. The third kappa shape index (κ3) is 3.59. The van der Waals surface area contributed by atoms with Crippen LogP contribution in [0.3, 0.4) is 0 Å². The Kier molecular flexibility index (Phi) is 6.07. The average molecular weight is 236 g/mol. The van der Waals surface area contributed by atoms with Crippen LogP contribution in [0.25, 0.3) is 0 Å². The van der Waals surface area contributed by atoms with E-state index < -0.39 is 9.28 Å². The average Bonchev–Trinajstić information content (AvgIpc) is 2.32. The molecule has 0 saturated heterocycles. The smallest absolute Gasteiger partial charge is 0.333 e. The molecule has 1 unspecified atom stereocenters.